The van der Waals surface area contributed by atoms with Gasteiger partial charge in [-0.05, 0) is 48.9 Å². The van der Waals surface area contributed by atoms with Gasteiger partial charge in [0.2, 0.25) is 0 Å². The van der Waals surface area contributed by atoms with E-state index in [0.717, 1.165) is 22.3 Å². The van der Waals surface area contributed by atoms with Gasteiger partial charge < -0.3 is 5.32 Å². The third-order valence-corrected chi connectivity index (χ3v) is 4.11. The number of rotatable bonds is 3. The Labute approximate surface area is 148 Å². The lowest BCUT2D eigenvalue weighted by Gasteiger charge is -2.09. The van der Waals surface area contributed by atoms with Crippen LogP contribution >= 0.6 is 11.6 Å². The lowest BCUT2D eigenvalue weighted by Crippen LogP contribution is -2.01. The van der Waals surface area contributed by atoms with Crippen LogP contribution in [-0.2, 0) is 0 Å². The van der Waals surface area contributed by atoms with E-state index in [4.69, 9.17) is 11.6 Å². The molecule has 2 aromatic heterocycles. The smallest absolute Gasteiger partial charge is 0.168 e. The highest BCUT2D eigenvalue weighted by Gasteiger charge is 2.13. The molecule has 0 atom stereocenters. The molecular weight excluding hydrogens is 341 g/mol. The summed E-state index contributed by atoms with van der Waals surface area (Å²) in [5, 5.41) is 8.99. The van der Waals surface area contributed by atoms with E-state index >= 15 is 0 Å². The number of hydrogen-bond donors (Lipinski definition) is 1. The first kappa shape index (κ1) is 15.5. The molecule has 0 bridgehead atoms. The van der Waals surface area contributed by atoms with Crippen molar-refractivity contribution in [1.29, 1.82) is 0 Å². The molecule has 0 radical (unpaired) electrons. The van der Waals surface area contributed by atoms with Crippen LogP contribution in [0, 0.1) is 12.7 Å². The Bertz CT molecular complexity index is 1060. The second-order valence-corrected chi connectivity index (χ2v) is 6.02. The summed E-state index contributed by atoms with van der Waals surface area (Å²) in [4.78, 5) is 8.63. The molecule has 0 aliphatic carbocycles. The third kappa shape index (κ3) is 2.92. The van der Waals surface area contributed by atoms with Gasteiger partial charge in [0.05, 0.1) is 17.3 Å². The largest absolute Gasteiger partial charge is 0.340 e. The van der Waals surface area contributed by atoms with Crippen molar-refractivity contribution < 1.29 is 4.39 Å². The highest BCUT2D eigenvalue weighted by atomic mass is 35.5. The Morgan fingerprint density at radius 1 is 1.08 bits per heavy atom. The number of aromatic nitrogens is 4. The van der Waals surface area contributed by atoms with Gasteiger partial charge in [0.15, 0.2) is 5.65 Å². The topological polar surface area (TPSA) is 55.6 Å². The predicted molar refractivity (Wildman–Crippen MR) is 96.1 cm³/mol. The van der Waals surface area contributed by atoms with Crippen LogP contribution in [0.4, 0.5) is 15.9 Å². The van der Waals surface area contributed by atoms with E-state index in [2.05, 4.69) is 20.4 Å². The standard InChI is InChI=1S/C18H13ClFN5/c1-11-2-3-12(19)8-16(11)25-18-15(9-23-25)17(21-10-22-18)24-14-6-4-13(20)5-7-14/h2-10H,1H3,(H,21,22,24). The molecule has 0 unspecified atom stereocenters. The van der Waals surface area contributed by atoms with Crippen molar-refractivity contribution in [2.45, 2.75) is 6.92 Å². The second-order valence-electron chi connectivity index (χ2n) is 5.58. The molecule has 1 N–H and O–H groups in total. The van der Waals surface area contributed by atoms with Crippen molar-refractivity contribution in [3.05, 3.63) is 71.4 Å². The molecule has 25 heavy (non-hydrogen) atoms. The monoisotopic (exact) mass is 353 g/mol. The Morgan fingerprint density at radius 2 is 1.88 bits per heavy atom. The van der Waals surface area contributed by atoms with Crippen molar-refractivity contribution in [3.8, 4) is 5.69 Å². The maximum absolute atomic E-state index is 13.1. The normalized spacial score (nSPS) is 11.0. The zero-order valence-corrected chi connectivity index (χ0v) is 14.0. The first-order chi connectivity index (χ1) is 12.1. The summed E-state index contributed by atoms with van der Waals surface area (Å²) in [7, 11) is 0. The van der Waals surface area contributed by atoms with Crippen LogP contribution in [0.5, 0.6) is 0 Å². The average molecular weight is 354 g/mol. The van der Waals surface area contributed by atoms with Crippen LogP contribution in [0.2, 0.25) is 5.02 Å². The summed E-state index contributed by atoms with van der Waals surface area (Å²) < 4.78 is 14.8. The molecule has 5 nitrogen and oxygen atoms in total. The van der Waals surface area contributed by atoms with Gasteiger partial charge in [0.1, 0.15) is 18.0 Å². The number of anilines is 2. The molecule has 2 heterocycles. The lowest BCUT2D eigenvalue weighted by molar-refractivity contribution is 0.628. The molecule has 4 aromatic rings. The zero-order valence-electron chi connectivity index (χ0n) is 13.2. The fourth-order valence-corrected chi connectivity index (χ4v) is 2.77. The number of benzene rings is 2. The summed E-state index contributed by atoms with van der Waals surface area (Å²) in [6.07, 6.45) is 3.16. The minimum atomic E-state index is -0.289. The molecule has 7 heteroatoms. The highest BCUT2D eigenvalue weighted by molar-refractivity contribution is 6.30. The number of fused-ring (bicyclic) bond motifs is 1. The van der Waals surface area contributed by atoms with Crippen molar-refractivity contribution in [3.63, 3.8) is 0 Å². The maximum atomic E-state index is 13.1. The number of hydrogen-bond acceptors (Lipinski definition) is 4. The van der Waals surface area contributed by atoms with E-state index in [1.807, 2.05) is 25.1 Å². The summed E-state index contributed by atoms with van der Waals surface area (Å²) in [6, 6.07) is 11.7. The van der Waals surface area contributed by atoms with Gasteiger partial charge in [-0.2, -0.15) is 5.10 Å². The van der Waals surface area contributed by atoms with Gasteiger partial charge >= 0.3 is 0 Å². The summed E-state index contributed by atoms with van der Waals surface area (Å²) in [5.41, 5.74) is 3.27. The molecule has 0 spiro atoms. The molecule has 0 saturated heterocycles. The first-order valence-electron chi connectivity index (χ1n) is 7.60. The molecule has 0 saturated carbocycles. The summed E-state index contributed by atoms with van der Waals surface area (Å²) >= 11 is 6.12. The van der Waals surface area contributed by atoms with Crippen LogP contribution in [0.3, 0.4) is 0 Å². The van der Waals surface area contributed by atoms with Crippen molar-refractivity contribution in [1.82, 2.24) is 19.7 Å². The third-order valence-electron chi connectivity index (χ3n) is 3.87. The summed E-state index contributed by atoms with van der Waals surface area (Å²) in [6.45, 7) is 1.98. The van der Waals surface area contributed by atoms with Gasteiger partial charge in [-0.25, -0.2) is 19.0 Å². The molecule has 0 aliphatic rings. The molecule has 2 aromatic carbocycles. The SMILES string of the molecule is Cc1ccc(Cl)cc1-n1ncc2c(Nc3ccc(F)cc3)ncnc21. The Hall–Kier alpha value is -2.99. The van der Waals surface area contributed by atoms with Crippen LogP contribution in [0.25, 0.3) is 16.7 Å². The van der Waals surface area contributed by atoms with Crippen LogP contribution in [0.15, 0.2) is 55.0 Å². The van der Waals surface area contributed by atoms with Crippen LogP contribution in [-0.4, -0.2) is 19.7 Å². The Kier molecular flexibility index (Phi) is 3.82. The van der Waals surface area contributed by atoms with E-state index in [9.17, 15) is 4.39 Å². The highest BCUT2D eigenvalue weighted by Crippen LogP contribution is 2.26. The van der Waals surface area contributed by atoms with Crippen molar-refractivity contribution in [2.24, 2.45) is 0 Å². The minimum absolute atomic E-state index is 0.289. The lowest BCUT2D eigenvalue weighted by atomic mass is 10.2. The van der Waals surface area contributed by atoms with E-state index < -0.39 is 0 Å². The van der Waals surface area contributed by atoms with Crippen LogP contribution < -0.4 is 5.32 Å². The number of halogens is 2. The minimum Gasteiger partial charge on any atom is -0.340 e. The number of aryl methyl sites for hydroxylation is 1. The quantitative estimate of drug-likeness (QED) is 0.582. The van der Waals surface area contributed by atoms with Gasteiger partial charge in [-0.3, -0.25) is 0 Å². The molecule has 0 aliphatic heterocycles. The van der Waals surface area contributed by atoms with Crippen molar-refractivity contribution >= 4 is 34.1 Å². The molecule has 0 amide bonds. The Morgan fingerprint density at radius 3 is 2.68 bits per heavy atom. The molecule has 124 valence electrons. The zero-order chi connectivity index (χ0) is 17.4. The molecule has 4 rings (SSSR count). The van der Waals surface area contributed by atoms with E-state index in [1.165, 1.54) is 18.5 Å². The molecule has 0 fully saturated rings. The van der Waals surface area contributed by atoms with Gasteiger partial charge in [0.25, 0.3) is 0 Å². The van der Waals surface area contributed by atoms with Gasteiger partial charge in [-0.15, -0.1) is 0 Å². The van der Waals surface area contributed by atoms with E-state index in [1.54, 1.807) is 23.0 Å². The van der Waals surface area contributed by atoms with Gasteiger partial charge in [-0.1, -0.05) is 17.7 Å². The average Bonchev–Trinajstić information content (AvgIpc) is 3.04. The predicted octanol–water partition coefficient (Wildman–Crippen LogP) is 4.66. The fourth-order valence-electron chi connectivity index (χ4n) is 2.60. The van der Waals surface area contributed by atoms with Crippen LogP contribution in [0.1, 0.15) is 5.56 Å². The first-order valence-corrected chi connectivity index (χ1v) is 7.97. The number of nitrogens with zero attached hydrogens (tertiary/aromatic N) is 4. The number of nitrogens with one attached hydrogen (secondary N) is 1. The van der Waals surface area contributed by atoms with Crippen molar-refractivity contribution in [2.75, 3.05) is 5.32 Å². The fraction of sp³-hybridized carbons (Fsp3) is 0.0556. The summed E-state index contributed by atoms with van der Waals surface area (Å²) in [5.74, 6) is 0.310. The van der Waals surface area contributed by atoms with E-state index in [0.29, 0.717) is 16.5 Å². The van der Waals surface area contributed by atoms with Gasteiger partial charge in [0, 0.05) is 10.7 Å². The van der Waals surface area contributed by atoms with E-state index in [-0.39, 0.29) is 5.82 Å². The second kappa shape index (κ2) is 6.14. The maximum Gasteiger partial charge on any atom is 0.168 e. The molecular formula is C18H13ClFN5. The Balaban J connectivity index is 1.80.